The normalized spacial score (nSPS) is 13.0. The smallest absolute Gasteiger partial charge is 0.264 e. The average molecular weight is 254 g/mol. The fraction of sp³-hybridized carbons (Fsp3) is 0.714. The second-order valence-corrected chi connectivity index (χ2v) is 10.7. The van der Waals surface area contributed by atoms with Gasteiger partial charge in [0, 0.05) is 6.61 Å². The molecule has 3 heteroatoms. The Hall–Kier alpha value is -0.723. The molecule has 0 aromatic heterocycles. The molecule has 0 bridgehead atoms. The Kier molecular flexibility index (Phi) is 6.59. The minimum absolute atomic E-state index is 0.192. The van der Waals surface area contributed by atoms with Gasteiger partial charge >= 0.3 is 0 Å². The summed E-state index contributed by atoms with van der Waals surface area (Å²) in [5.74, 6) is 2.94. The number of hydrogen-bond acceptors (Lipinski definition) is 2. The van der Waals surface area contributed by atoms with Gasteiger partial charge in [-0.3, -0.25) is 0 Å². The van der Waals surface area contributed by atoms with Crippen molar-refractivity contribution in [2.75, 3.05) is 6.61 Å². The topological polar surface area (TPSA) is 29.5 Å². The van der Waals surface area contributed by atoms with Crippen LogP contribution in [0.2, 0.25) is 18.1 Å². The molecule has 0 saturated heterocycles. The number of allylic oxidation sites excluding steroid dienone is 2. The van der Waals surface area contributed by atoms with Crippen molar-refractivity contribution in [3.8, 4) is 12.0 Å². The maximum Gasteiger partial charge on any atom is 0.264 e. The van der Waals surface area contributed by atoms with Gasteiger partial charge in [-0.2, -0.15) is 0 Å². The molecule has 0 unspecified atom stereocenters. The quantitative estimate of drug-likeness (QED) is 0.612. The van der Waals surface area contributed by atoms with Crippen LogP contribution in [-0.2, 0) is 4.43 Å². The summed E-state index contributed by atoms with van der Waals surface area (Å²) in [6, 6.07) is 0. The van der Waals surface area contributed by atoms with Crippen molar-refractivity contribution in [3.05, 3.63) is 11.6 Å². The molecule has 0 aromatic rings. The Morgan fingerprint density at radius 1 is 1.35 bits per heavy atom. The largest absolute Gasteiger partial charge is 0.500 e. The molecule has 17 heavy (non-hydrogen) atoms. The van der Waals surface area contributed by atoms with Crippen LogP contribution in [0.1, 0.15) is 40.5 Å². The average Bonchev–Trinajstić information content (AvgIpc) is 2.20. The zero-order chi connectivity index (χ0) is 13.5. The van der Waals surface area contributed by atoms with E-state index in [0.29, 0.717) is 0 Å². The van der Waals surface area contributed by atoms with Crippen molar-refractivity contribution in [2.24, 2.45) is 0 Å². The first-order valence-corrected chi connectivity index (χ1v) is 9.06. The van der Waals surface area contributed by atoms with Crippen molar-refractivity contribution in [1.82, 2.24) is 0 Å². The Labute approximate surface area is 107 Å². The van der Waals surface area contributed by atoms with Crippen LogP contribution in [0.4, 0.5) is 0 Å². The van der Waals surface area contributed by atoms with Crippen molar-refractivity contribution in [1.29, 1.82) is 0 Å². The van der Waals surface area contributed by atoms with Gasteiger partial charge in [0.05, 0.1) is 6.11 Å². The third-order valence-electron chi connectivity index (χ3n) is 3.22. The molecule has 0 aliphatic rings. The van der Waals surface area contributed by atoms with Crippen molar-refractivity contribution in [3.63, 3.8) is 0 Å². The maximum atomic E-state index is 8.70. The zero-order valence-corrected chi connectivity index (χ0v) is 13.1. The van der Waals surface area contributed by atoms with Crippen LogP contribution in [0.5, 0.6) is 0 Å². The van der Waals surface area contributed by atoms with E-state index >= 15 is 0 Å². The molecule has 0 atom stereocenters. The standard InChI is InChI=1S/C14H26O2Si/c1-13(9-7-11-15)10-8-12-16-17(5,6)14(2,3)4/h10,15H,7,9,11H2,1-6H3/b13-10-. The molecule has 98 valence electrons. The van der Waals surface area contributed by atoms with E-state index in [1.165, 1.54) is 5.57 Å². The highest BCUT2D eigenvalue weighted by atomic mass is 28.4. The Bertz CT molecular complexity index is 313. The summed E-state index contributed by atoms with van der Waals surface area (Å²) < 4.78 is 5.73. The molecule has 0 rings (SSSR count). The molecular formula is C14H26O2Si. The highest BCUT2D eigenvalue weighted by Crippen LogP contribution is 2.36. The number of hydrogen-bond donors (Lipinski definition) is 1. The van der Waals surface area contributed by atoms with Gasteiger partial charge in [-0.25, -0.2) is 0 Å². The van der Waals surface area contributed by atoms with Crippen molar-refractivity contribution >= 4 is 8.32 Å². The first kappa shape index (κ1) is 16.3. The van der Waals surface area contributed by atoms with Crippen molar-refractivity contribution < 1.29 is 9.53 Å². The van der Waals surface area contributed by atoms with E-state index in [9.17, 15) is 0 Å². The lowest BCUT2D eigenvalue weighted by Gasteiger charge is -2.33. The van der Waals surface area contributed by atoms with Gasteiger partial charge in [-0.15, -0.1) is 0 Å². The lowest BCUT2D eigenvalue weighted by atomic mass is 10.1. The van der Waals surface area contributed by atoms with Gasteiger partial charge in [0.15, 0.2) is 0 Å². The van der Waals surface area contributed by atoms with Crippen LogP contribution in [-0.4, -0.2) is 20.0 Å². The zero-order valence-electron chi connectivity index (χ0n) is 12.1. The van der Waals surface area contributed by atoms with Crippen LogP contribution in [0.3, 0.4) is 0 Å². The summed E-state index contributed by atoms with van der Waals surface area (Å²) in [6.07, 6.45) is 6.38. The predicted molar refractivity (Wildman–Crippen MR) is 76.1 cm³/mol. The van der Waals surface area contributed by atoms with E-state index in [-0.39, 0.29) is 11.6 Å². The van der Waals surface area contributed by atoms with E-state index < -0.39 is 8.32 Å². The van der Waals surface area contributed by atoms with Gasteiger partial charge in [0.1, 0.15) is 0 Å². The van der Waals surface area contributed by atoms with Crippen LogP contribution in [0.15, 0.2) is 11.6 Å². The third-order valence-corrected chi connectivity index (χ3v) is 7.44. The molecule has 0 heterocycles. The van der Waals surface area contributed by atoms with E-state index in [4.69, 9.17) is 9.53 Å². The molecular weight excluding hydrogens is 228 g/mol. The lowest BCUT2D eigenvalue weighted by molar-refractivity contribution is 0.288. The molecule has 0 spiro atoms. The fourth-order valence-corrected chi connectivity index (χ4v) is 1.51. The lowest BCUT2D eigenvalue weighted by Crippen LogP contribution is -2.39. The van der Waals surface area contributed by atoms with Crippen LogP contribution in [0, 0.1) is 12.0 Å². The number of aliphatic hydroxyl groups excluding tert-OH is 1. The summed E-state index contributed by atoms with van der Waals surface area (Å²) in [7, 11) is -1.75. The summed E-state index contributed by atoms with van der Waals surface area (Å²) >= 11 is 0. The maximum absolute atomic E-state index is 8.70. The Morgan fingerprint density at radius 2 is 1.94 bits per heavy atom. The summed E-state index contributed by atoms with van der Waals surface area (Å²) in [5.41, 5.74) is 1.19. The summed E-state index contributed by atoms with van der Waals surface area (Å²) in [5, 5.41) is 8.89. The molecule has 0 aromatic carbocycles. The number of rotatable bonds is 4. The minimum atomic E-state index is -1.75. The van der Waals surface area contributed by atoms with Gasteiger partial charge in [0.2, 0.25) is 0 Å². The molecule has 1 N–H and O–H groups in total. The number of aliphatic hydroxyl groups is 1. The Balaban J connectivity index is 4.30. The summed E-state index contributed by atoms with van der Waals surface area (Å²) in [6.45, 7) is 13.2. The highest BCUT2D eigenvalue weighted by Gasteiger charge is 2.38. The molecule has 0 amide bonds. The highest BCUT2D eigenvalue weighted by molar-refractivity contribution is 6.74. The molecule has 0 radical (unpaired) electrons. The fourth-order valence-electron chi connectivity index (χ4n) is 0.893. The monoisotopic (exact) mass is 254 g/mol. The van der Waals surface area contributed by atoms with Crippen molar-refractivity contribution in [2.45, 2.75) is 58.7 Å². The van der Waals surface area contributed by atoms with Crippen LogP contribution >= 0.6 is 0 Å². The Morgan fingerprint density at radius 3 is 2.41 bits per heavy atom. The predicted octanol–water partition coefficient (Wildman–Crippen LogP) is 3.69. The summed E-state index contributed by atoms with van der Waals surface area (Å²) in [4.78, 5) is 0. The van der Waals surface area contributed by atoms with E-state index in [0.717, 1.165) is 12.8 Å². The molecule has 2 nitrogen and oxygen atoms in total. The van der Waals surface area contributed by atoms with Gasteiger partial charge in [-0.1, -0.05) is 26.3 Å². The first-order valence-electron chi connectivity index (χ1n) is 6.16. The molecule has 0 fully saturated rings. The first-order chi connectivity index (χ1) is 7.70. The van der Waals surface area contributed by atoms with E-state index in [2.05, 4.69) is 45.9 Å². The molecule has 0 aliphatic carbocycles. The van der Waals surface area contributed by atoms with E-state index in [1.807, 2.05) is 13.0 Å². The van der Waals surface area contributed by atoms with Crippen LogP contribution < -0.4 is 0 Å². The third kappa shape index (κ3) is 6.55. The molecule has 0 aliphatic heterocycles. The second-order valence-electron chi connectivity index (χ2n) is 5.93. The second kappa shape index (κ2) is 6.88. The van der Waals surface area contributed by atoms with Gasteiger partial charge in [-0.05, 0) is 49.9 Å². The van der Waals surface area contributed by atoms with Crippen LogP contribution in [0.25, 0.3) is 0 Å². The minimum Gasteiger partial charge on any atom is -0.500 e. The van der Waals surface area contributed by atoms with Gasteiger partial charge < -0.3 is 9.53 Å². The molecule has 0 saturated carbocycles. The van der Waals surface area contributed by atoms with E-state index in [1.54, 1.807) is 0 Å². The van der Waals surface area contributed by atoms with Gasteiger partial charge in [0.25, 0.3) is 8.32 Å². The SMILES string of the molecule is C/C(=C/C#CO[Si](C)(C)C(C)(C)C)CCCO.